The molecule has 92 valence electrons. The Kier molecular flexibility index (Phi) is 4.73. The molecule has 0 saturated heterocycles. The molecule has 0 radical (unpaired) electrons. The van der Waals surface area contributed by atoms with Crippen LogP contribution in [-0.4, -0.2) is 12.5 Å². The number of rotatable bonds is 5. The van der Waals surface area contributed by atoms with Crippen LogP contribution in [0.25, 0.3) is 6.08 Å². The summed E-state index contributed by atoms with van der Waals surface area (Å²) in [6.07, 6.45) is 4.28. The van der Waals surface area contributed by atoms with Crippen molar-refractivity contribution >= 4 is 23.3 Å². The summed E-state index contributed by atoms with van der Waals surface area (Å²) in [5.41, 5.74) is 1.24. The molecule has 2 rings (SSSR count). The van der Waals surface area contributed by atoms with E-state index in [4.69, 9.17) is 0 Å². The van der Waals surface area contributed by atoms with Crippen LogP contribution < -0.4 is 5.32 Å². The molecule has 1 aromatic carbocycles. The second-order valence-electron chi connectivity index (χ2n) is 3.88. The Hall–Kier alpha value is -1.87. The zero-order chi connectivity index (χ0) is 12.6. The Morgan fingerprint density at radius 2 is 2.00 bits per heavy atom. The number of amides is 1. The van der Waals surface area contributed by atoms with E-state index < -0.39 is 0 Å². The maximum absolute atomic E-state index is 11.5. The summed E-state index contributed by atoms with van der Waals surface area (Å²) < 4.78 is 0. The molecule has 0 atom stereocenters. The van der Waals surface area contributed by atoms with Crippen LogP contribution in [0.5, 0.6) is 0 Å². The van der Waals surface area contributed by atoms with E-state index in [2.05, 4.69) is 17.4 Å². The van der Waals surface area contributed by atoms with E-state index in [9.17, 15) is 4.79 Å². The molecule has 0 spiro atoms. The van der Waals surface area contributed by atoms with E-state index in [0.717, 1.165) is 11.3 Å². The number of hydrogen-bond donors (Lipinski definition) is 1. The maximum atomic E-state index is 11.5. The second-order valence-corrected chi connectivity index (χ2v) is 4.85. The molecular weight excluding hydrogens is 242 g/mol. The molecule has 3 heteroatoms. The minimum absolute atomic E-state index is 0.0423. The number of thiophene rings is 1. The van der Waals surface area contributed by atoms with Crippen molar-refractivity contribution in [3.63, 3.8) is 0 Å². The molecule has 1 aromatic heterocycles. The number of hydrogen-bond acceptors (Lipinski definition) is 2. The van der Waals surface area contributed by atoms with Gasteiger partial charge in [0.15, 0.2) is 0 Å². The fourth-order valence-electron chi connectivity index (χ4n) is 1.58. The third-order valence-corrected chi connectivity index (χ3v) is 3.34. The Morgan fingerprint density at radius 1 is 1.17 bits per heavy atom. The monoisotopic (exact) mass is 257 g/mol. The van der Waals surface area contributed by atoms with Crippen LogP contribution in [0.4, 0.5) is 0 Å². The van der Waals surface area contributed by atoms with Crippen LogP contribution in [0.2, 0.25) is 0 Å². The largest absolute Gasteiger partial charge is 0.352 e. The van der Waals surface area contributed by atoms with Crippen LogP contribution in [0.15, 0.2) is 53.9 Å². The van der Waals surface area contributed by atoms with Gasteiger partial charge in [-0.1, -0.05) is 36.4 Å². The fraction of sp³-hybridized carbons (Fsp3) is 0.133. The Balaban J connectivity index is 1.72. The SMILES string of the molecule is O=C(/C=C\c1cccs1)NCCc1ccccc1. The highest BCUT2D eigenvalue weighted by Gasteiger charge is 1.96. The van der Waals surface area contributed by atoms with Crippen molar-refractivity contribution in [3.05, 3.63) is 64.4 Å². The predicted molar refractivity (Wildman–Crippen MR) is 76.5 cm³/mol. The third-order valence-electron chi connectivity index (χ3n) is 2.50. The molecule has 1 amide bonds. The number of carbonyl (C=O) groups excluding carboxylic acids is 1. The minimum Gasteiger partial charge on any atom is -0.352 e. The van der Waals surface area contributed by atoms with Crippen molar-refractivity contribution < 1.29 is 4.79 Å². The molecular formula is C15H15NOS. The second kappa shape index (κ2) is 6.77. The number of benzene rings is 1. The first-order valence-electron chi connectivity index (χ1n) is 5.88. The van der Waals surface area contributed by atoms with Gasteiger partial charge in [0.2, 0.25) is 5.91 Å². The van der Waals surface area contributed by atoms with E-state index in [-0.39, 0.29) is 5.91 Å². The summed E-state index contributed by atoms with van der Waals surface area (Å²) in [6.45, 7) is 0.664. The van der Waals surface area contributed by atoms with Gasteiger partial charge in [-0.3, -0.25) is 4.79 Å². The molecule has 0 unspecified atom stereocenters. The zero-order valence-corrected chi connectivity index (χ0v) is 10.8. The maximum Gasteiger partial charge on any atom is 0.244 e. The summed E-state index contributed by atoms with van der Waals surface area (Å²) in [5.74, 6) is -0.0423. The van der Waals surface area contributed by atoms with Crippen LogP contribution in [0.3, 0.4) is 0 Å². The van der Waals surface area contributed by atoms with Gasteiger partial charge in [-0.2, -0.15) is 0 Å². The minimum atomic E-state index is -0.0423. The number of nitrogens with one attached hydrogen (secondary N) is 1. The summed E-state index contributed by atoms with van der Waals surface area (Å²) in [7, 11) is 0. The van der Waals surface area contributed by atoms with Crippen LogP contribution in [0.1, 0.15) is 10.4 Å². The van der Waals surface area contributed by atoms with Gasteiger partial charge in [0.25, 0.3) is 0 Å². The van der Waals surface area contributed by atoms with Crippen LogP contribution in [-0.2, 0) is 11.2 Å². The van der Waals surface area contributed by atoms with E-state index >= 15 is 0 Å². The molecule has 0 aliphatic heterocycles. The van der Waals surface area contributed by atoms with Crippen LogP contribution >= 0.6 is 11.3 Å². The Bertz CT molecular complexity index is 503. The normalized spacial score (nSPS) is 10.7. The topological polar surface area (TPSA) is 29.1 Å². The number of carbonyl (C=O) groups is 1. The van der Waals surface area contributed by atoms with Gasteiger partial charge in [-0.25, -0.2) is 0 Å². The van der Waals surface area contributed by atoms with Gasteiger partial charge < -0.3 is 5.32 Å². The fourth-order valence-corrected chi connectivity index (χ4v) is 2.20. The predicted octanol–water partition coefficient (Wildman–Crippen LogP) is 3.12. The molecule has 2 nitrogen and oxygen atoms in total. The summed E-state index contributed by atoms with van der Waals surface area (Å²) in [4.78, 5) is 12.6. The van der Waals surface area contributed by atoms with Gasteiger partial charge in [-0.15, -0.1) is 11.3 Å². The van der Waals surface area contributed by atoms with E-state index in [1.54, 1.807) is 17.4 Å². The Labute approximate surface area is 111 Å². The summed E-state index contributed by atoms with van der Waals surface area (Å²) in [6, 6.07) is 14.1. The van der Waals surface area contributed by atoms with Crippen LogP contribution in [0, 0.1) is 0 Å². The lowest BCUT2D eigenvalue weighted by molar-refractivity contribution is -0.116. The molecule has 0 fully saturated rings. The molecule has 0 bridgehead atoms. The van der Waals surface area contributed by atoms with Crippen molar-refractivity contribution in [2.45, 2.75) is 6.42 Å². The first-order chi connectivity index (χ1) is 8.84. The van der Waals surface area contributed by atoms with Gasteiger partial charge in [0, 0.05) is 17.5 Å². The lowest BCUT2D eigenvalue weighted by Gasteiger charge is -2.02. The van der Waals surface area contributed by atoms with Crippen molar-refractivity contribution in [1.82, 2.24) is 5.32 Å². The standard InChI is InChI=1S/C15H15NOS/c17-15(9-8-14-7-4-12-18-14)16-11-10-13-5-2-1-3-6-13/h1-9,12H,10-11H2,(H,16,17)/b9-8-. The molecule has 0 aliphatic carbocycles. The molecule has 0 aliphatic rings. The van der Waals surface area contributed by atoms with Gasteiger partial charge in [0.05, 0.1) is 0 Å². The van der Waals surface area contributed by atoms with Gasteiger partial charge >= 0.3 is 0 Å². The van der Waals surface area contributed by atoms with Crippen molar-refractivity contribution in [1.29, 1.82) is 0 Å². The molecule has 2 aromatic rings. The molecule has 18 heavy (non-hydrogen) atoms. The Morgan fingerprint density at radius 3 is 2.72 bits per heavy atom. The van der Waals surface area contributed by atoms with Gasteiger partial charge in [-0.05, 0) is 29.5 Å². The average molecular weight is 257 g/mol. The molecule has 0 saturated carbocycles. The van der Waals surface area contributed by atoms with E-state index in [1.807, 2.05) is 41.8 Å². The van der Waals surface area contributed by atoms with E-state index in [1.165, 1.54) is 5.56 Å². The summed E-state index contributed by atoms with van der Waals surface area (Å²) >= 11 is 1.62. The van der Waals surface area contributed by atoms with Crippen molar-refractivity contribution in [3.8, 4) is 0 Å². The first kappa shape index (κ1) is 12.6. The highest BCUT2D eigenvalue weighted by atomic mass is 32.1. The van der Waals surface area contributed by atoms with Gasteiger partial charge in [0.1, 0.15) is 0 Å². The lowest BCUT2D eigenvalue weighted by Crippen LogP contribution is -2.23. The molecule has 1 heterocycles. The first-order valence-corrected chi connectivity index (χ1v) is 6.76. The highest BCUT2D eigenvalue weighted by molar-refractivity contribution is 7.10. The van der Waals surface area contributed by atoms with Crippen molar-refractivity contribution in [2.75, 3.05) is 6.54 Å². The third kappa shape index (κ3) is 4.18. The van der Waals surface area contributed by atoms with E-state index in [0.29, 0.717) is 6.54 Å². The highest BCUT2D eigenvalue weighted by Crippen LogP contribution is 2.09. The summed E-state index contributed by atoms with van der Waals surface area (Å²) in [5, 5.41) is 4.87. The lowest BCUT2D eigenvalue weighted by atomic mass is 10.1. The molecule has 1 N–H and O–H groups in total. The zero-order valence-electron chi connectivity index (χ0n) is 10.0. The average Bonchev–Trinajstić information content (AvgIpc) is 2.91. The van der Waals surface area contributed by atoms with Crippen molar-refractivity contribution in [2.24, 2.45) is 0 Å². The smallest absolute Gasteiger partial charge is 0.244 e. The quantitative estimate of drug-likeness (QED) is 0.819.